The smallest absolute Gasteiger partial charge is 0.141 e. The predicted octanol–water partition coefficient (Wildman–Crippen LogP) is 2.78. The van der Waals surface area contributed by atoms with Gasteiger partial charge in [0, 0.05) is 23.0 Å². The molecule has 7 heteroatoms. The number of anilines is 1. The SMILES string of the molecule is N#Cc1cnc2c(c1)CCCC2Oc1ccc(N)c(C(=N)C2=CONC2)c1. The fourth-order valence-corrected chi connectivity index (χ4v) is 3.39. The Morgan fingerprint density at radius 2 is 2.30 bits per heavy atom. The van der Waals surface area contributed by atoms with Crippen LogP contribution in [0.1, 0.15) is 41.3 Å². The van der Waals surface area contributed by atoms with Crippen molar-refractivity contribution in [2.45, 2.75) is 25.4 Å². The maximum Gasteiger partial charge on any atom is 0.141 e. The quantitative estimate of drug-likeness (QED) is 0.569. The molecule has 1 atom stereocenters. The largest absolute Gasteiger partial charge is 0.484 e. The van der Waals surface area contributed by atoms with Gasteiger partial charge in [-0.3, -0.25) is 10.4 Å². The number of fused-ring (bicyclic) bond motifs is 1. The van der Waals surface area contributed by atoms with Gasteiger partial charge in [-0.05, 0) is 49.1 Å². The van der Waals surface area contributed by atoms with Crippen LogP contribution in [0.3, 0.4) is 0 Å². The molecule has 2 aromatic rings. The molecule has 27 heavy (non-hydrogen) atoms. The minimum Gasteiger partial charge on any atom is -0.484 e. The number of pyridine rings is 1. The summed E-state index contributed by atoms with van der Waals surface area (Å²) in [5.41, 5.74) is 13.4. The second-order valence-corrected chi connectivity index (χ2v) is 6.58. The van der Waals surface area contributed by atoms with Crippen LogP contribution < -0.4 is 16.0 Å². The minimum atomic E-state index is -0.178. The molecule has 0 saturated heterocycles. The lowest BCUT2D eigenvalue weighted by Crippen LogP contribution is -2.18. The van der Waals surface area contributed by atoms with Crippen LogP contribution in [0.25, 0.3) is 0 Å². The number of nitrogens with two attached hydrogens (primary N) is 1. The Labute approximate surface area is 156 Å². The molecule has 2 aliphatic rings. The number of nitrogens with zero attached hydrogens (tertiary/aromatic N) is 2. The summed E-state index contributed by atoms with van der Waals surface area (Å²) in [7, 11) is 0. The van der Waals surface area contributed by atoms with Crippen molar-refractivity contribution in [2.75, 3.05) is 12.3 Å². The van der Waals surface area contributed by atoms with E-state index in [-0.39, 0.29) is 6.10 Å². The Kier molecular flexibility index (Phi) is 4.48. The summed E-state index contributed by atoms with van der Waals surface area (Å²) in [6.45, 7) is 0.463. The van der Waals surface area contributed by atoms with Crippen LogP contribution in [-0.2, 0) is 11.3 Å². The Morgan fingerprint density at radius 3 is 3.07 bits per heavy atom. The molecule has 1 unspecified atom stereocenters. The van der Waals surface area contributed by atoms with Crippen LogP contribution >= 0.6 is 0 Å². The molecule has 0 saturated carbocycles. The van der Waals surface area contributed by atoms with Crippen LogP contribution in [0.5, 0.6) is 5.75 Å². The molecular weight excluding hydrogens is 342 g/mol. The van der Waals surface area contributed by atoms with Crippen LogP contribution in [0.4, 0.5) is 5.69 Å². The normalized spacial score (nSPS) is 18.0. The van der Waals surface area contributed by atoms with E-state index in [0.717, 1.165) is 36.1 Å². The van der Waals surface area contributed by atoms with Crippen molar-refractivity contribution in [1.29, 1.82) is 10.7 Å². The number of benzene rings is 1. The molecule has 0 bridgehead atoms. The first kappa shape index (κ1) is 17.1. The minimum absolute atomic E-state index is 0.178. The van der Waals surface area contributed by atoms with Crippen molar-refractivity contribution in [3.05, 3.63) is 64.7 Å². The number of aryl methyl sites for hydroxylation is 1. The second-order valence-electron chi connectivity index (χ2n) is 6.58. The predicted molar refractivity (Wildman–Crippen MR) is 100 cm³/mol. The topological polar surface area (TPSA) is 117 Å². The number of nitriles is 1. The number of hydroxylamine groups is 1. The van der Waals surface area contributed by atoms with Gasteiger partial charge < -0.3 is 15.3 Å². The van der Waals surface area contributed by atoms with Gasteiger partial charge in [0.15, 0.2) is 0 Å². The van der Waals surface area contributed by atoms with Crippen LogP contribution in [-0.4, -0.2) is 17.2 Å². The molecular formula is C20H19N5O2. The first-order valence-electron chi connectivity index (χ1n) is 8.77. The molecule has 0 spiro atoms. The Morgan fingerprint density at radius 1 is 1.41 bits per heavy atom. The van der Waals surface area contributed by atoms with Gasteiger partial charge in [0.05, 0.1) is 23.5 Å². The number of nitrogens with one attached hydrogen (secondary N) is 2. The summed E-state index contributed by atoms with van der Waals surface area (Å²) in [6, 6.07) is 9.37. The highest BCUT2D eigenvalue weighted by Crippen LogP contribution is 2.34. The molecule has 136 valence electrons. The van der Waals surface area contributed by atoms with E-state index in [1.165, 1.54) is 6.26 Å². The van der Waals surface area contributed by atoms with Gasteiger partial charge in [-0.1, -0.05) is 0 Å². The molecule has 1 aliphatic heterocycles. The van der Waals surface area contributed by atoms with Crippen LogP contribution in [0.15, 0.2) is 42.3 Å². The summed E-state index contributed by atoms with van der Waals surface area (Å²) in [5, 5.41) is 17.4. The van der Waals surface area contributed by atoms with Crippen molar-refractivity contribution in [2.24, 2.45) is 0 Å². The summed E-state index contributed by atoms with van der Waals surface area (Å²) >= 11 is 0. The van der Waals surface area contributed by atoms with Crippen molar-refractivity contribution in [3.8, 4) is 11.8 Å². The fourth-order valence-electron chi connectivity index (χ4n) is 3.39. The first-order chi connectivity index (χ1) is 13.2. The average molecular weight is 361 g/mol. The molecule has 4 rings (SSSR count). The van der Waals surface area contributed by atoms with Crippen LogP contribution in [0, 0.1) is 16.7 Å². The number of nitrogen functional groups attached to an aromatic ring is 1. The Balaban J connectivity index is 1.60. The first-order valence-corrected chi connectivity index (χ1v) is 8.77. The number of hydrogen-bond acceptors (Lipinski definition) is 7. The highest BCUT2D eigenvalue weighted by molar-refractivity contribution is 6.14. The molecule has 1 aromatic heterocycles. The molecule has 7 nitrogen and oxygen atoms in total. The molecule has 4 N–H and O–H groups in total. The molecule has 2 heterocycles. The lowest BCUT2D eigenvalue weighted by atomic mass is 9.92. The summed E-state index contributed by atoms with van der Waals surface area (Å²) in [4.78, 5) is 9.45. The van der Waals surface area contributed by atoms with Gasteiger partial charge in [-0.15, -0.1) is 0 Å². The van der Waals surface area contributed by atoms with Crippen molar-refractivity contribution in [1.82, 2.24) is 10.5 Å². The van der Waals surface area contributed by atoms with Gasteiger partial charge in [0.25, 0.3) is 0 Å². The highest BCUT2D eigenvalue weighted by atomic mass is 16.6. The van der Waals surface area contributed by atoms with Crippen molar-refractivity contribution >= 4 is 11.4 Å². The fraction of sp³-hybridized carbons (Fsp3) is 0.250. The van der Waals surface area contributed by atoms with E-state index in [9.17, 15) is 0 Å². The van der Waals surface area contributed by atoms with Gasteiger partial charge in [0.1, 0.15) is 24.2 Å². The highest BCUT2D eigenvalue weighted by Gasteiger charge is 2.24. The maximum absolute atomic E-state index is 9.07. The third-order valence-corrected chi connectivity index (χ3v) is 4.79. The standard InChI is InChI=1S/C20H19N5O2/c21-8-12-6-13-2-1-3-18(20(13)24-9-12)27-15-4-5-17(22)16(7-15)19(23)14-10-25-26-11-14/h4-7,9,11,18,23,25H,1-3,10,22H2. The zero-order valence-corrected chi connectivity index (χ0v) is 14.7. The molecule has 1 aromatic carbocycles. The van der Waals surface area contributed by atoms with E-state index < -0.39 is 0 Å². The van der Waals surface area contributed by atoms with Gasteiger partial charge >= 0.3 is 0 Å². The summed E-state index contributed by atoms with van der Waals surface area (Å²) in [6.07, 6.45) is 5.65. The van der Waals surface area contributed by atoms with Gasteiger partial charge in [-0.2, -0.15) is 10.7 Å². The summed E-state index contributed by atoms with van der Waals surface area (Å²) < 4.78 is 6.20. The zero-order valence-electron chi connectivity index (χ0n) is 14.7. The number of aromatic nitrogens is 1. The maximum atomic E-state index is 9.07. The van der Waals surface area contributed by atoms with E-state index in [1.54, 1.807) is 18.3 Å². The van der Waals surface area contributed by atoms with Crippen molar-refractivity contribution in [3.63, 3.8) is 0 Å². The Hall–Kier alpha value is -3.37. The number of rotatable bonds is 4. The monoisotopic (exact) mass is 361 g/mol. The van der Waals surface area contributed by atoms with E-state index in [1.807, 2.05) is 12.1 Å². The third-order valence-electron chi connectivity index (χ3n) is 4.79. The average Bonchev–Trinajstić information content (AvgIpc) is 3.23. The van der Waals surface area contributed by atoms with Crippen molar-refractivity contribution < 1.29 is 9.57 Å². The van der Waals surface area contributed by atoms with Gasteiger partial charge in [0.2, 0.25) is 0 Å². The van der Waals surface area contributed by atoms with Gasteiger partial charge in [-0.25, -0.2) is 0 Å². The van der Waals surface area contributed by atoms with E-state index in [2.05, 4.69) is 16.5 Å². The van der Waals surface area contributed by atoms with E-state index >= 15 is 0 Å². The Bertz CT molecular complexity index is 977. The third kappa shape index (κ3) is 3.35. The molecule has 0 fully saturated rings. The van der Waals surface area contributed by atoms with E-state index in [4.69, 9.17) is 26.0 Å². The molecule has 0 radical (unpaired) electrons. The molecule has 0 amide bonds. The zero-order chi connectivity index (χ0) is 18.8. The van der Waals surface area contributed by atoms with Crippen LogP contribution in [0.2, 0.25) is 0 Å². The lowest BCUT2D eigenvalue weighted by Gasteiger charge is -2.25. The number of ether oxygens (including phenoxy) is 1. The second kappa shape index (κ2) is 7.09. The number of hydrogen-bond donors (Lipinski definition) is 3. The molecule has 1 aliphatic carbocycles. The van der Waals surface area contributed by atoms with E-state index in [0.29, 0.717) is 34.8 Å². The summed E-state index contributed by atoms with van der Waals surface area (Å²) in [5.74, 6) is 0.639. The lowest BCUT2D eigenvalue weighted by molar-refractivity contribution is 0.168.